The van der Waals surface area contributed by atoms with Gasteiger partial charge in [0.1, 0.15) is 11.5 Å². The Morgan fingerprint density at radius 3 is 2.52 bits per heavy atom. The third kappa shape index (κ3) is 11.0. The highest BCUT2D eigenvalue weighted by Crippen LogP contribution is 2.33. The number of phenols is 1. The molecule has 5 nitrogen and oxygen atoms in total. The first-order valence-corrected chi connectivity index (χ1v) is 11.4. The van der Waals surface area contributed by atoms with Crippen LogP contribution in [0.15, 0.2) is 35.4 Å². The predicted octanol–water partition coefficient (Wildman–Crippen LogP) is 7.26. The minimum Gasteiger partial charge on any atom is -0.508 e. The molecule has 1 unspecified atom stereocenters. The Kier molecular flexibility index (Phi) is 12.5. The second-order valence-electron chi connectivity index (χ2n) is 8.11. The number of aryl methyl sites for hydroxylation is 1. The van der Waals surface area contributed by atoms with E-state index in [1.54, 1.807) is 13.8 Å². The number of ether oxygens (including phenoxy) is 3. The van der Waals surface area contributed by atoms with Gasteiger partial charge in [-0.15, -0.1) is 0 Å². The van der Waals surface area contributed by atoms with Gasteiger partial charge in [0.2, 0.25) is 6.29 Å². The van der Waals surface area contributed by atoms with Crippen molar-refractivity contribution in [3.63, 3.8) is 0 Å². The maximum absolute atomic E-state index is 11.6. The van der Waals surface area contributed by atoms with E-state index >= 15 is 0 Å². The average Bonchev–Trinajstić information content (AvgIpc) is 2.67. The number of benzene rings is 1. The molecule has 0 aliphatic carbocycles. The quantitative estimate of drug-likeness (QED) is 0.154. The molecule has 0 radical (unpaired) electrons. The summed E-state index contributed by atoms with van der Waals surface area (Å²) in [4.78, 5) is 11.6. The average molecular weight is 433 g/mol. The second kappa shape index (κ2) is 14.6. The van der Waals surface area contributed by atoms with Gasteiger partial charge in [-0.05, 0) is 77.5 Å². The van der Waals surface area contributed by atoms with Gasteiger partial charge in [-0.3, -0.25) is 0 Å². The van der Waals surface area contributed by atoms with Crippen LogP contribution in [0.3, 0.4) is 0 Å². The van der Waals surface area contributed by atoms with Crippen LogP contribution in [0, 0.1) is 0 Å². The molecule has 0 heterocycles. The van der Waals surface area contributed by atoms with Gasteiger partial charge >= 0.3 is 6.16 Å². The summed E-state index contributed by atoms with van der Waals surface area (Å²) in [6, 6.07) is 3.77. The van der Waals surface area contributed by atoms with E-state index in [0.29, 0.717) is 17.7 Å². The maximum Gasteiger partial charge on any atom is 0.511 e. The summed E-state index contributed by atoms with van der Waals surface area (Å²) >= 11 is 0. The van der Waals surface area contributed by atoms with Crippen LogP contribution in [0.25, 0.3) is 0 Å². The van der Waals surface area contributed by atoms with E-state index < -0.39 is 12.4 Å². The summed E-state index contributed by atoms with van der Waals surface area (Å²) in [5, 5.41) is 10.7. The van der Waals surface area contributed by atoms with Crippen LogP contribution in [-0.2, 0) is 22.3 Å². The first-order valence-electron chi connectivity index (χ1n) is 11.4. The molecule has 31 heavy (non-hydrogen) atoms. The zero-order valence-electron chi connectivity index (χ0n) is 20.1. The van der Waals surface area contributed by atoms with Crippen LogP contribution >= 0.6 is 0 Å². The van der Waals surface area contributed by atoms with E-state index in [-0.39, 0.29) is 12.4 Å². The minimum absolute atomic E-state index is 0.209. The van der Waals surface area contributed by atoms with E-state index in [0.717, 1.165) is 44.1 Å². The fraction of sp³-hybridized carbons (Fsp3) is 0.577. The van der Waals surface area contributed by atoms with Crippen molar-refractivity contribution in [3.05, 3.63) is 46.6 Å². The Hall–Kier alpha value is -2.43. The molecule has 0 fully saturated rings. The lowest BCUT2D eigenvalue weighted by molar-refractivity contribution is -0.0523. The summed E-state index contributed by atoms with van der Waals surface area (Å²) in [6.45, 7) is 12.1. The van der Waals surface area contributed by atoms with Crippen molar-refractivity contribution < 1.29 is 24.1 Å². The molecule has 1 rings (SSSR count). The summed E-state index contributed by atoms with van der Waals surface area (Å²) in [5.74, 6) is 0.748. The van der Waals surface area contributed by atoms with Crippen LogP contribution < -0.4 is 4.74 Å². The lowest BCUT2D eigenvalue weighted by Crippen LogP contribution is -2.22. The van der Waals surface area contributed by atoms with Gasteiger partial charge in [-0.1, -0.05) is 43.1 Å². The van der Waals surface area contributed by atoms with Crippen molar-refractivity contribution in [2.75, 3.05) is 6.61 Å². The Balaban J connectivity index is 3.02. The molecule has 0 amide bonds. The van der Waals surface area contributed by atoms with Crippen LogP contribution in [-0.4, -0.2) is 24.2 Å². The van der Waals surface area contributed by atoms with Gasteiger partial charge in [0.15, 0.2) is 0 Å². The molecular weight excluding hydrogens is 392 g/mol. The monoisotopic (exact) mass is 432 g/mol. The molecule has 0 saturated carbocycles. The second-order valence-corrected chi connectivity index (χ2v) is 8.11. The van der Waals surface area contributed by atoms with Crippen molar-refractivity contribution >= 4 is 6.16 Å². The topological polar surface area (TPSA) is 65.0 Å². The number of rotatable bonds is 13. The zero-order chi connectivity index (χ0) is 23.2. The van der Waals surface area contributed by atoms with E-state index in [1.807, 2.05) is 12.1 Å². The van der Waals surface area contributed by atoms with Crippen LogP contribution in [0.2, 0.25) is 0 Å². The molecule has 1 aromatic rings. The van der Waals surface area contributed by atoms with E-state index in [1.165, 1.54) is 11.1 Å². The molecule has 5 heteroatoms. The SMILES string of the molecule is CCCCCc1cc(O)c(CC=C(C)CCC=C(C)C)c(OC(C)OC(=O)OCC)c1. The molecule has 0 aliphatic rings. The molecule has 0 aliphatic heterocycles. The standard InChI is InChI=1S/C26H40O5/c1-7-9-10-14-22-17-24(27)23(16-15-20(5)13-11-12-19(3)4)25(18-22)30-21(6)31-26(28)29-8-2/h12,15,17-18,21,27H,7-11,13-14,16H2,1-6H3. The van der Waals surface area contributed by atoms with E-state index in [9.17, 15) is 9.90 Å². The number of carbonyl (C=O) groups is 1. The minimum atomic E-state index is -0.828. The highest BCUT2D eigenvalue weighted by molar-refractivity contribution is 5.60. The fourth-order valence-corrected chi connectivity index (χ4v) is 3.18. The molecule has 0 bridgehead atoms. The zero-order valence-corrected chi connectivity index (χ0v) is 20.1. The number of carbonyl (C=O) groups excluding carboxylic acids is 1. The molecule has 0 spiro atoms. The Labute approximate surface area is 188 Å². The largest absolute Gasteiger partial charge is 0.511 e. The number of hydrogen-bond acceptors (Lipinski definition) is 5. The highest BCUT2D eigenvalue weighted by atomic mass is 16.8. The van der Waals surface area contributed by atoms with Crippen LogP contribution in [0.5, 0.6) is 11.5 Å². The lowest BCUT2D eigenvalue weighted by Gasteiger charge is -2.19. The highest BCUT2D eigenvalue weighted by Gasteiger charge is 2.17. The van der Waals surface area contributed by atoms with Gasteiger partial charge < -0.3 is 19.3 Å². The van der Waals surface area contributed by atoms with Gasteiger partial charge in [0.05, 0.1) is 6.61 Å². The number of allylic oxidation sites excluding steroid dienone is 4. The number of aromatic hydroxyl groups is 1. The fourth-order valence-electron chi connectivity index (χ4n) is 3.18. The van der Waals surface area contributed by atoms with Gasteiger partial charge in [0, 0.05) is 12.5 Å². The van der Waals surface area contributed by atoms with Crippen LogP contribution in [0.1, 0.15) is 84.8 Å². The Morgan fingerprint density at radius 1 is 1.13 bits per heavy atom. The summed E-state index contributed by atoms with van der Waals surface area (Å²) in [6.07, 6.45) is 9.44. The Morgan fingerprint density at radius 2 is 1.87 bits per heavy atom. The maximum atomic E-state index is 11.6. The van der Waals surface area contributed by atoms with Crippen LogP contribution in [0.4, 0.5) is 4.79 Å². The number of hydrogen-bond donors (Lipinski definition) is 1. The van der Waals surface area contributed by atoms with Crippen molar-refractivity contribution in [1.29, 1.82) is 0 Å². The number of phenolic OH excluding ortho intramolecular Hbond substituents is 1. The third-order valence-electron chi connectivity index (χ3n) is 4.88. The van der Waals surface area contributed by atoms with Crippen molar-refractivity contribution in [3.8, 4) is 11.5 Å². The molecule has 174 valence electrons. The van der Waals surface area contributed by atoms with Gasteiger partial charge in [-0.25, -0.2) is 4.79 Å². The lowest BCUT2D eigenvalue weighted by atomic mass is 10.00. The summed E-state index contributed by atoms with van der Waals surface area (Å²) < 4.78 is 15.9. The first-order chi connectivity index (χ1) is 14.8. The number of unbranched alkanes of at least 4 members (excludes halogenated alkanes) is 2. The first kappa shape index (κ1) is 26.6. The van der Waals surface area contributed by atoms with Crippen molar-refractivity contribution in [2.24, 2.45) is 0 Å². The van der Waals surface area contributed by atoms with Gasteiger partial charge in [-0.2, -0.15) is 0 Å². The molecule has 1 aromatic carbocycles. The molecule has 1 N–H and O–H groups in total. The normalized spacial score (nSPS) is 12.3. The van der Waals surface area contributed by atoms with E-state index in [4.69, 9.17) is 14.2 Å². The van der Waals surface area contributed by atoms with Crippen molar-refractivity contribution in [1.82, 2.24) is 0 Å². The summed E-state index contributed by atoms with van der Waals surface area (Å²) in [7, 11) is 0. The molecule has 0 saturated heterocycles. The Bertz CT molecular complexity index is 744. The molecular formula is C26H40O5. The summed E-state index contributed by atoms with van der Waals surface area (Å²) in [5.41, 5.74) is 4.28. The smallest absolute Gasteiger partial charge is 0.508 e. The molecule has 0 aromatic heterocycles. The van der Waals surface area contributed by atoms with E-state index in [2.05, 4.69) is 39.8 Å². The van der Waals surface area contributed by atoms with Crippen molar-refractivity contribution in [2.45, 2.75) is 92.8 Å². The third-order valence-corrected chi connectivity index (χ3v) is 4.88. The molecule has 1 atom stereocenters. The van der Waals surface area contributed by atoms with Gasteiger partial charge in [0.25, 0.3) is 0 Å². The predicted molar refractivity (Wildman–Crippen MR) is 126 cm³/mol.